The van der Waals surface area contributed by atoms with Crippen LogP contribution < -0.4 is 10.1 Å². The van der Waals surface area contributed by atoms with E-state index in [1.54, 1.807) is 24.4 Å². The number of benzene rings is 2. The maximum atomic E-state index is 12.9. The summed E-state index contributed by atoms with van der Waals surface area (Å²) in [7, 11) is 0. The van der Waals surface area contributed by atoms with Gasteiger partial charge in [0.1, 0.15) is 11.6 Å². The number of hydrogen-bond acceptors (Lipinski definition) is 4. The number of ether oxygens (including phenoxy) is 1. The molecule has 3 rings (SSSR count). The van der Waals surface area contributed by atoms with Crippen molar-refractivity contribution in [2.24, 2.45) is 0 Å². The van der Waals surface area contributed by atoms with Crippen LogP contribution in [-0.4, -0.2) is 16.6 Å². The molecule has 1 amide bonds. The van der Waals surface area contributed by atoms with Gasteiger partial charge in [0.2, 0.25) is 11.8 Å². The molecule has 0 radical (unpaired) electrons. The highest BCUT2D eigenvalue weighted by molar-refractivity contribution is 8.00. The van der Waals surface area contributed by atoms with E-state index in [2.05, 4.69) is 10.3 Å². The third-order valence-corrected chi connectivity index (χ3v) is 4.44. The van der Waals surface area contributed by atoms with Crippen LogP contribution in [0.1, 0.15) is 5.56 Å². The van der Waals surface area contributed by atoms with E-state index in [9.17, 15) is 9.18 Å². The van der Waals surface area contributed by atoms with Crippen LogP contribution >= 0.6 is 11.8 Å². The first-order chi connectivity index (χ1) is 12.7. The van der Waals surface area contributed by atoms with Gasteiger partial charge in [0.25, 0.3) is 0 Å². The van der Waals surface area contributed by atoms with E-state index in [-0.39, 0.29) is 17.5 Å². The van der Waals surface area contributed by atoms with Crippen molar-refractivity contribution in [2.45, 2.75) is 11.4 Å². The van der Waals surface area contributed by atoms with Crippen molar-refractivity contribution >= 4 is 17.7 Å². The van der Waals surface area contributed by atoms with Gasteiger partial charge in [0.05, 0.1) is 5.75 Å². The molecule has 0 atom stereocenters. The fourth-order valence-electron chi connectivity index (χ4n) is 2.18. The summed E-state index contributed by atoms with van der Waals surface area (Å²) in [4.78, 5) is 17.0. The molecule has 0 aliphatic heterocycles. The molecule has 132 valence electrons. The molecule has 0 fully saturated rings. The van der Waals surface area contributed by atoms with Gasteiger partial charge >= 0.3 is 0 Å². The molecular weight excluding hydrogens is 351 g/mol. The van der Waals surface area contributed by atoms with Gasteiger partial charge in [-0.2, -0.15) is 0 Å². The van der Waals surface area contributed by atoms with Gasteiger partial charge in [0.15, 0.2) is 0 Å². The number of carbonyl (C=O) groups excluding carboxylic acids is 1. The first-order valence-electron chi connectivity index (χ1n) is 8.02. The second-order valence-corrected chi connectivity index (χ2v) is 6.49. The summed E-state index contributed by atoms with van der Waals surface area (Å²) in [6.45, 7) is 0.405. The minimum absolute atomic E-state index is 0.0876. The summed E-state index contributed by atoms with van der Waals surface area (Å²) in [5.41, 5.74) is 0.929. The molecule has 0 aliphatic carbocycles. The Kier molecular flexibility index (Phi) is 6.22. The number of amides is 1. The number of nitrogens with one attached hydrogen (secondary N) is 1. The molecule has 0 aliphatic rings. The number of carbonyl (C=O) groups is 1. The number of thioether (sulfide) groups is 1. The zero-order valence-corrected chi connectivity index (χ0v) is 14.7. The van der Waals surface area contributed by atoms with Crippen molar-refractivity contribution in [1.82, 2.24) is 10.3 Å². The molecular formula is C20H17FN2O2S. The SMILES string of the molecule is O=C(CSc1ccc(F)cc1)NCc1cccc(Oc2ccccn2)c1. The minimum atomic E-state index is -0.286. The average molecular weight is 368 g/mol. The zero-order chi connectivity index (χ0) is 18.2. The largest absolute Gasteiger partial charge is 0.439 e. The van der Waals surface area contributed by atoms with E-state index < -0.39 is 0 Å². The Bertz CT molecular complexity index is 857. The third-order valence-electron chi connectivity index (χ3n) is 3.43. The summed E-state index contributed by atoms with van der Waals surface area (Å²) in [5.74, 6) is 1.08. The summed E-state index contributed by atoms with van der Waals surface area (Å²) in [6, 6.07) is 19.0. The molecule has 0 saturated carbocycles. The Morgan fingerprint density at radius 2 is 1.92 bits per heavy atom. The van der Waals surface area contributed by atoms with Crippen molar-refractivity contribution in [3.63, 3.8) is 0 Å². The highest BCUT2D eigenvalue weighted by Crippen LogP contribution is 2.20. The van der Waals surface area contributed by atoms with E-state index >= 15 is 0 Å². The third kappa shape index (κ3) is 5.60. The standard InChI is InChI=1S/C20H17FN2O2S/c21-16-7-9-18(10-8-16)26-14-19(24)23-13-15-4-3-5-17(12-15)25-20-6-1-2-11-22-20/h1-12H,13-14H2,(H,23,24). The van der Waals surface area contributed by atoms with Crippen LogP contribution in [0.3, 0.4) is 0 Å². The lowest BCUT2D eigenvalue weighted by Crippen LogP contribution is -2.24. The Hall–Kier alpha value is -2.86. The number of aromatic nitrogens is 1. The van der Waals surface area contributed by atoms with E-state index in [4.69, 9.17) is 4.74 Å². The lowest BCUT2D eigenvalue weighted by atomic mass is 10.2. The molecule has 0 unspecified atom stereocenters. The van der Waals surface area contributed by atoms with Gasteiger partial charge in [-0.05, 0) is 48.0 Å². The monoisotopic (exact) mass is 368 g/mol. The van der Waals surface area contributed by atoms with Crippen LogP contribution in [0.25, 0.3) is 0 Å². The van der Waals surface area contributed by atoms with E-state index in [1.807, 2.05) is 36.4 Å². The van der Waals surface area contributed by atoms with Crippen molar-refractivity contribution < 1.29 is 13.9 Å². The number of hydrogen-bond donors (Lipinski definition) is 1. The van der Waals surface area contributed by atoms with Crippen LogP contribution in [0.5, 0.6) is 11.6 Å². The normalized spacial score (nSPS) is 10.3. The fraction of sp³-hybridized carbons (Fsp3) is 0.100. The summed E-state index contributed by atoms with van der Waals surface area (Å²) in [5, 5.41) is 2.87. The fourth-order valence-corrected chi connectivity index (χ4v) is 2.91. The Labute approximate surface area is 155 Å². The molecule has 4 nitrogen and oxygen atoms in total. The van der Waals surface area contributed by atoms with Crippen LogP contribution in [-0.2, 0) is 11.3 Å². The van der Waals surface area contributed by atoms with E-state index in [1.165, 1.54) is 23.9 Å². The predicted molar refractivity (Wildman–Crippen MR) is 99.7 cm³/mol. The predicted octanol–water partition coefficient (Wildman–Crippen LogP) is 4.42. The second kappa shape index (κ2) is 9.01. The molecule has 0 bridgehead atoms. The van der Waals surface area contributed by atoms with Crippen LogP contribution in [0.2, 0.25) is 0 Å². The minimum Gasteiger partial charge on any atom is -0.439 e. The Morgan fingerprint density at radius 1 is 1.08 bits per heavy atom. The van der Waals surface area contributed by atoms with Crippen molar-refractivity contribution in [3.8, 4) is 11.6 Å². The molecule has 2 aromatic carbocycles. The number of nitrogens with zero attached hydrogens (tertiary/aromatic N) is 1. The van der Waals surface area contributed by atoms with Crippen LogP contribution in [0.15, 0.2) is 77.8 Å². The van der Waals surface area contributed by atoms with Crippen LogP contribution in [0.4, 0.5) is 4.39 Å². The van der Waals surface area contributed by atoms with Crippen LogP contribution in [0, 0.1) is 5.82 Å². The van der Waals surface area contributed by atoms with Gasteiger partial charge in [-0.3, -0.25) is 4.79 Å². The highest BCUT2D eigenvalue weighted by atomic mass is 32.2. The highest BCUT2D eigenvalue weighted by Gasteiger charge is 2.05. The lowest BCUT2D eigenvalue weighted by molar-refractivity contribution is -0.118. The Morgan fingerprint density at radius 3 is 2.69 bits per heavy atom. The summed E-state index contributed by atoms with van der Waals surface area (Å²) >= 11 is 1.37. The number of rotatable bonds is 7. The molecule has 6 heteroatoms. The lowest BCUT2D eigenvalue weighted by Gasteiger charge is -2.08. The van der Waals surface area contributed by atoms with Gasteiger partial charge in [-0.15, -0.1) is 11.8 Å². The maximum Gasteiger partial charge on any atom is 0.230 e. The Balaban J connectivity index is 1.48. The molecule has 3 aromatic rings. The van der Waals surface area contributed by atoms with Crippen molar-refractivity contribution in [2.75, 3.05) is 5.75 Å². The van der Waals surface area contributed by atoms with Gasteiger partial charge in [0, 0.05) is 23.7 Å². The molecule has 0 saturated heterocycles. The molecule has 1 aromatic heterocycles. The van der Waals surface area contributed by atoms with Crippen molar-refractivity contribution in [1.29, 1.82) is 0 Å². The first kappa shape index (κ1) is 17.9. The van der Waals surface area contributed by atoms with Gasteiger partial charge in [-0.25, -0.2) is 9.37 Å². The maximum absolute atomic E-state index is 12.9. The molecule has 26 heavy (non-hydrogen) atoms. The topological polar surface area (TPSA) is 51.2 Å². The number of halogens is 1. The first-order valence-corrected chi connectivity index (χ1v) is 9.00. The molecule has 0 spiro atoms. The summed E-state index contributed by atoms with van der Waals surface area (Å²) in [6.07, 6.45) is 1.66. The molecule has 1 heterocycles. The van der Waals surface area contributed by atoms with E-state index in [0.717, 1.165) is 10.5 Å². The van der Waals surface area contributed by atoms with E-state index in [0.29, 0.717) is 18.2 Å². The van der Waals surface area contributed by atoms with Crippen molar-refractivity contribution in [3.05, 3.63) is 84.3 Å². The van der Waals surface area contributed by atoms with Gasteiger partial charge < -0.3 is 10.1 Å². The number of pyridine rings is 1. The molecule has 1 N–H and O–H groups in total. The van der Waals surface area contributed by atoms with Gasteiger partial charge in [-0.1, -0.05) is 18.2 Å². The summed E-state index contributed by atoms with van der Waals surface area (Å²) < 4.78 is 18.5. The second-order valence-electron chi connectivity index (χ2n) is 5.44. The quantitative estimate of drug-likeness (QED) is 0.627. The zero-order valence-electron chi connectivity index (χ0n) is 13.9. The smallest absolute Gasteiger partial charge is 0.230 e. The average Bonchev–Trinajstić information content (AvgIpc) is 2.67.